The minimum atomic E-state index is 0.0530. The van der Waals surface area contributed by atoms with Crippen molar-refractivity contribution < 1.29 is 10.2 Å². The SMILES string of the molecule is OCCNN=Cc1cccc(O)c1. The number of hydrogen-bond acceptors (Lipinski definition) is 4. The number of phenols is 1. The fraction of sp³-hybridized carbons (Fsp3) is 0.222. The Hall–Kier alpha value is -1.55. The molecule has 3 N–H and O–H groups in total. The predicted molar refractivity (Wildman–Crippen MR) is 50.8 cm³/mol. The summed E-state index contributed by atoms with van der Waals surface area (Å²) in [4.78, 5) is 0. The van der Waals surface area contributed by atoms with Gasteiger partial charge < -0.3 is 15.6 Å². The van der Waals surface area contributed by atoms with E-state index in [2.05, 4.69) is 10.5 Å². The number of aliphatic hydroxyl groups is 1. The maximum Gasteiger partial charge on any atom is 0.116 e. The Morgan fingerprint density at radius 3 is 3.00 bits per heavy atom. The summed E-state index contributed by atoms with van der Waals surface area (Å²) in [5.41, 5.74) is 3.45. The normalized spacial score (nSPS) is 10.5. The lowest BCUT2D eigenvalue weighted by Crippen LogP contribution is -2.11. The molecule has 0 saturated carbocycles. The van der Waals surface area contributed by atoms with E-state index in [0.717, 1.165) is 5.56 Å². The van der Waals surface area contributed by atoms with E-state index in [1.54, 1.807) is 24.4 Å². The summed E-state index contributed by atoms with van der Waals surface area (Å²) in [5.74, 6) is 0.214. The predicted octanol–water partition coefficient (Wildman–Crippen LogP) is 0.308. The van der Waals surface area contributed by atoms with Gasteiger partial charge in [0, 0.05) is 0 Å². The van der Waals surface area contributed by atoms with Crippen LogP contribution >= 0.6 is 0 Å². The van der Waals surface area contributed by atoms with Gasteiger partial charge in [0.1, 0.15) is 5.75 Å². The van der Waals surface area contributed by atoms with Gasteiger partial charge >= 0.3 is 0 Å². The molecule has 70 valence electrons. The van der Waals surface area contributed by atoms with Gasteiger partial charge in [0.2, 0.25) is 0 Å². The van der Waals surface area contributed by atoms with E-state index in [4.69, 9.17) is 10.2 Å². The molecule has 0 fully saturated rings. The number of rotatable bonds is 4. The van der Waals surface area contributed by atoms with Crippen LogP contribution in [0.3, 0.4) is 0 Å². The number of aromatic hydroxyl groups is 1. The highest BCUT2D eigenvalue weighted by atomic mass is 16.3. The average molecular weight is 180 g/mol. The number of hydrazone groups is 1. The zero-order valence-electron chi connectivity index (χ0n) is 7.14. The van der Waals surface area contributed by atoms with Gasteiger partial charge in [-0.25, -0.2) is 0 Å². The molecule has 0 atom stereocenters. The molecule has 0 aromatic heterocycles. The molecule has 0 unspecified atom stereocenters. The van der Waals surface area contributed by atoms with Gasteiger partial charge in [-0.2, -0.15) is 5.10 Å². The van der Waals surface area contributed by atoms with Crippen molar-refractivity contribution in [3.8, 4) is 5.75 Å². The topological polar surface area (TPSA) is 64.8 Å². The van der Waals surface area contributed by atoms with Crippen LogP contribution in [0, 0.1) is 0 Å². The molecule has 0 saturated heterocycles. The van der Waals surface area contributed by atoms with E-state index in [9.17, 15) is 0 Å². The monoisotopic (exact) mass is 180 g/mol. The second-order valence-electron chi connectivity index (χ2n) is 2.48. The number of phenolic OH excluding ortho intramolecular Hbond substituents is 1. The van der Waals surface area contributed by atoms with Gasteiger partial charge in [0.05, 0.1) is 19.4 Å². The number of hydrogen-bond donors (Lipinski definition) is 3. The number of benzene rings is 1. The minimum absolute atomic E-state index is 0.0530. The average Bonchev–Trinajstić information content (AvgIpc) is 2.13. The van der Waals surface area contributed by atoms with Crippen LogP contribution in [0.2, 0.25) is 0 Å². The van der Waals surface area contributed by atoms with Crippen molar-refractivity contribution in [3.63, 3.8) is 0 Å². The van der Waals surface area contributed by atoms with Crippen molar-refractivity contribution in [3.05, 3.63) is 29.8 Å². The van der Waals surface area contributed by atoms with Crippen LogP contribution in [0.5, 0.6) is 5.75 Å². The number of nitrogens with zero attached hydrogens (tertiary/aromatic N) is 1. The highest BCUT2D eigenvalue weighted by molar-refractivity contribution is 5.79. The van der Waals surface area contributed by atoms with Crippen LogP contribution in [0.25, 0.3) is 0 Å². The summed E-state index contributed by atoms with van der Waals surface area (Å²) in [6.45, 7) is 0.479. The summed E-state index contributed by atoms with van der Waals surface area (Å²) in [6.07, 6.45) is 1.58. The van der Waals surface area contributed by atoms with Crippen molar-refractivity contribution in [1.29, 1.82) is 0 Å². The Balaban J connectivity index is 2.48. The highest BCUT2D eigenvalue weighted by Crippen LogP contribution is 2.08. The first kappa shape index (κ1) is 9.54. The molecule has 0 aliphatic carbocycles. The molecule has 1 aromatic carbocycles. The molecule has 1 rings (SSSR count). The second kappa shape index (κ2) is 5.16. The first-order valence-electron chi connectivity index (χ1n) is 3.99. The van der Waals surface area contributed by atoms with Crippen LogP contribution in [-0.2, 0) is 0 Å². The van der Waals surface area contributed by atoms with E-state index < -0.39 is 0 Å². The maximum absolute atomic E-state index is 9.09. The zero-order valence-corrected chi connectivity index (χ0v) is 7.14. The van der Waals surface area contributed by atoms with E-state index in [-0.39, 0.29) is 12.4 Å². The molecule has 4 heteroatoms. The van der Waals surface area contributed by atoms with Gasteiger partial charge in [0.25, 0.3) is 0 Å². The van der Waals surface area contributed by atoms with Crippen LogP contribution in [-0.4, -0.2) is 29.6 Å². The molecular formula is C9H12N2O2. The van der Waals surface area contributed by atoms with Gasteiger partial charge in [-0.05, 0) is 17.7 Å². The standard InChI is InChI=1S/C9H12N2O2/c12-5-4-10-11-7-8-2-1-3-9(13)6-8/h1-3,6-7,10,12-13H,4-5H2. The summed E-state index contributed by atoms with van der Waals surface area (Å²) >= 11 is 0. The molecule has 0 aliphatic rings. The second-order valence-corrected chi connectivity index (χ2v) is 2.48. The maximum atomic E-state index is 9.09. The summed E-state index contributed by atoms with van der Waals surface area (Å²) < 4.78 is 0. The van der Waals surface area contributed by atoms with Crippen molar-refractivity contribution in [2.45, 2.75) is 0 Å². The molecular weight excluding hydrogens is 168 g/mol. The van der Waals surface area contributed by atoms with Gasteiger partial charge in [-0.1, -0.05) is 12.1 Å². The molecule has 0 radical (unpaired) electrons. The first-order chi connectivity index (χ1) is 6.33. The van der Waals surface area contributed by atoms with E-state index >= 15 is 0 Å². The van der Waals surface area contributed by atoms with Gasteiger partial charge in [0.15, 0.2) is 0 Å². The smallest absolute Gasteiger partial charge is 0.116 e. The molecule has 0 bridgehead atoms. The van der Waals surface area contributed by atoms with Crippen LogP contribution in [0.15, 0.2) is 29.4 Å². The van der Waals surface area contributed by atoms with E-state index in [1.807, 2.05) is 6.07 Å². The van der Waals surface area contributed by atoms with Crippen molar-refractivity contribution in [2.24, 2.45) is 5.10 Å². The van der Waals surface area contributed by atoms with Gasteiger partial charge in [-0.15, -0.1) is 0 Å². The Labute approximate surface area is 76.5 Å². The van der Waals surface area contributed by atoms with Crippen LogP contribution in [0.1, 0.15) is 5.56 Å². The fourth-order valence-electron chi connectivity index (χ4n) is 0.840. The van der Waals surface area contributed by atoms with Crippen molar-refractivity contribution >= 4 is 6.21 Å². The molecule has 0 spiro atoms. The third-order valence-corrected chi connectivity index (χ3v) is 1.40. The Kier molecular flexibility index (Phi) is 3.78. The van der Waals surface area contributed by atoms with Crippen molar-refractivity contribution in [1.82, 2.24) is 5.43 Å². The molecule has 0 heterocycles. The Morgan fingerprint density at radius 1 is 1.46 bits per heavy atom. The lowest BCUT2D eigenvalue weighted by atomic mass is 10.2. The van der Waals surface area contributed by atoms with E-state index in [0.29, 0.717) is 6.54 Å². The molecule has 0 aliphatic heterocycles. The highest BCUT2D eigenvalue weighted by Gasteiger charge is 1.88. The third kappa shape index (κ3) is 3.57. The Morgan fingerprint density at radius 2 is 2.31 bits per heavy atom. The third-order valence-electron chi connectivity index (χ3n) is 1.40. The molecule has 13 heavy (non-hydrogen) atoms. The summed E-state index contributed by atoms with van der Waals surface area (Å²) in [6, 6.07) is 6.76. The van der Waals surface area contributed by atoms with E-state index in [1.165, 1.54) is 0 Å². The first-order valence-corrected chi connectivity index (χ1v) is 3.99. The minimum Gasteiger partial charge on any atom is -0.508 e. The van der Waals surface area contributed by atoms with Crippen LogP contribution in [0.4, 0.5) is 0 Å². The van der Waals surface area contributed by atoms with Gasteiger partial charge in [-0.3, -0.25) is 0 Å². The lowest BCUT2D eigenvalue weighted by molar-refractivity contribution is 0.294. The lowest BCUT2D eigenvalue weighted by Gasteiger charge is -1.96. The summed E-state index contributed by atoms with van der Waals surface area (Å²) in [7, 11) is 0. The zero-order chi connectivity index (χ0) is 9.52. The van der Waals surface area contributed by atoms with Crippen LogP contribution < -0.4 is 5.43 Å². The molecule has 1 aromatic rings. The largest absolute Gasteiger partial charge is 0.508 e. The molecule has 0 amide bonds. The Bertz CT molecular complexity index is 287. The fourth-order valence-corrected chi connectivity index (χ4v) is 0.840. The number of nitrogens with one attached hydrogen (secondary N) is 1. The molecule has 4 nitrogen and oxygen atoms in total. The summed E-state index contributed by atoms with van der Waals surface area (Å²) in [5, 5.41) is 21.4. The number of aliphatic hydroxyl groups excluding tert-OH is 1. The quantitative estimate of drug-likeness (QED) is 0.355. The van der Waals surface area contributed by atoms with Crippen molar-refractivity contribution in [2.75, 3.05) is 13.2 Å².